The summed E-state index contributed by atoms with van der Waals surface area (Å²) in [5, 5.41) is 0. The number of benzene rings is 3. The van der Waals surface area contributed by atoms with Crippen molar-refractivity contribution in [2.75, 3.05) is 18.1 Å². The molecule has 0 spiro atoms. The zero-order valence-electron chi connectivity index (χ0n) is 20.1. The van der Waals surface area contributed by atoms with E-state index in [1.807, 2.05) is 47.4 Å². The number of amides is 1. The molecule has 0 bridgehead atoms. The molecule has 0 saturated carbocycles. The van der Waals surface area contributed by atoms with E-state index in [0.29, 0.717) is 32.0 Å². The van der Waals surface area contributed by atoms with E-state index in [1.54, 1.807) is 0 Å². The monoisotopic (exact) mass is 453 g/mol. The maximum atomic E-state index is 13.0. The summed E-state index contributed by atoms with van der Waals surface area (Å²) in [4.78, 5) is 19.8. The molecule has 1 unspecified atom stereocenters. The summed E-state index contributed by atoms with van der Waals surface area (Å²) in [6.07, 6.45) is 0.467. The molecule has 1 aliphatic heterocycles. The molecule has 2 heterocycles. The number of carbonyl (C=O) groups excluding carboxylic acids is 1. The van der Waals surface area contributed by atoms with Gasteiger partial charge in [-0.2, -0.15) is 0 Å². The van der Waals surface area contributed by atoms with Crippen molar-refractivity contribution < 1.29 is 9.53 Å². The number of para-hydroxylation sites is 3. The van der Waals surface area contributed by atoms with Crippen molar-refractivity contribution in [1.82, 2.24) is 9.55 Å². The minimum Gasteiger partial charge on any atom is -0.491 e. The highest BCUT2D eigenvalue weighted by molar-refractivity contribution is 5.96. The zero-order chi connectivity index (χ0) is 23.7. The average molecular weight is 454 g/mol. The van der Waals surface area contributed by atoms with Crippen LogP contribution in [0.4, 0.5) is 5.69 Å². The fourth-order valence-corrected chi connectivity index (χ4v) is 4.90. The van der Waals surface area contributed by atoms with E-state index in [2.05, 4.69) is 55.7 Å². The van der Waals surface area contributed by atoms with Crippen molar-refractivity contribution in [3.05, 3.63) is 89.7 Å². The predicted molar refractivity (Wildman–Crippen MR) is 137 cm³/mol. The van der Waals surface area contributed by atoms with Gasteiger partial charge in [-0.1, -0.05) is 56.3 Å². The molecular weight excluding hydrogens is 422 g/mol. The summed E-state index contributed by atoms with van der Waals surface area (Å²) in [5.74, 6) is 2.49. The van der Waals surface area contributed by atoms with Gasteiger partial charge < -0.3 is 14.2 Å². The molecule has 1 amide bonds. The number of nitrogens with zero attached hydrogens (tertiary/aromatic N) is 3. The number of hydrogen-bond donors (Lipinski definition) is 0. The van der Waals surface area contributed by atoms with Crippen LogP contribution in [0, 0.1) is 6.92 Å². The first-order chi connectivity index (χ1) is 16.5. The maximum Gasteiger partial charge on any atom is 0.227 e. The third-order valence-corrected chi connectivity index (χ3v) is 6.60. The summed E-state index contributed by atoms with van der Waals surface area (Å²) in [7, 11) is 0. The molecule has 4 aromatic rings. The normalized spacial score (nSPS) is 16.1. The molecule has 5 rings (SSSR count). The first-order valence-electron chi connectivity index (χ1n) is 12.0. The lowest BCUT2D eigenvalue weighted by molar-refractivity contribution is -0.117. The lowest BCUT2D eigenvalue weighted by Gasteiger charge is -2.18. The van der Waals surface area contributed by atoms with Crippen LogP contribution in [-0.2, 0) is 11.3 Å². The van der Waals surface area contributed by atoms with Gasteiger partial charge in [0.05, 0.1) is 17.6 Å². The van der Waals surface area contributed by atoms with Gasteiger partial charge in [0.2, 0.25) is 5.91 Å². The number of aryl methyl sites for hydroxylation is 1. The number of hydrogen-bond acceptors (Lipinski definition) is 3. The Hall–Kier alpha value is -3.60. The van der Waals surface area contributed by atoms with Gasteiger partial charge in [0.15, 0.2) is 0 Å². The molecule has 1 fully saturated rings. The van der Waals surface area contributed by atoms with Crippen LogP contribution in [0.25, 0.3) is 11.0 Å². The Balaban J connectivity index is 1.40. The van der Waals surface area contributed by atoms with Crippen LogP contribution < -0.4 is 9.64 Å². The standard InChI is InChI=1S/C29H31N3O2/c1-20(2)24-11-4-7-14-27(24)34-16-15-31-26-13-6-5-12-25(26)30-29(31)22-18-28(33)32(19-22)23-10-8-9-21(3)17-23/h4-14,17,20,22H,15-16,18-19H2,1-3H3. The number of imidazole rings is 1. The van der Waals surface area contributed by atoms with Crippen molar-refractivity contribution in [2.24, 2.45) is 0 Å². The van der Waals surface area contributed by atoms with E-state index in [0.717, 1.165) is 33.9 Å². The Kier molecular flexibility index (Phi) is 6.10. The van der Waals surface area contributed by atoms with E-state index in [1.165, 1.54) is 5.56 Å². The molecule has 5 nitrogen and oxygen atoms in total. The molecule has 0 N–H and O–H groups in total. The summed E-state index contributed by atoms with van der Waals surface area (Å²) < 4.78 is 8.48. The quantitative estimate of drug-likeness (QED) is 0.341. The van der Waals surface area contributed by atoms with Gasteiger partial charge in [-0.15, -0.1) is 0 Å². The van der Waals surface area contributed by atoms with Crippen molar-refractivity contribution in [1.29, 1.82) is 0 Å². The minimum absolute atomic E-state index is 0.0448. The second kappa shape index (κ2) is 9.34. The molecule has 1 saturated heterocycles. The number of aromatic nitrogens is 2. The van der Waals surface area contributed by atoms with Crippen LogP contribution in [0.15, 0.2) is 72.8 Å². The maximum absolute atomic E-state index is 13.0. The number of ether oxygens (including phenoxy) is 1. The Bertz CT molecular complexity index is 1320. The number of carbonyl (C=O) groups is 1. The zero-order valence-corrected chi connectivity index (χ0v) is 20.1. The lowest BCUT2D eigenvalue weighted by atomic mass is 10.0. The van der Waals surface area contributed by atoms with Crippen molar-refractivity contribution in [3.63, 3.8) is 0 Å². The molecular formula is C29H31N3O2. The highest BCUT2D eigenvalue weighted by atomic mass is 16.5. The minimum atomic E-state index is 0.0448. The topological polar surface area (TPSA) is 47.4 Å². The van der Waals surface area contributed by atoms with E-state index >= 15 is 0 Å². The molecule has 1 atom stereocenters. The van der Waals surface area contributed by atoms with E-state index in [4.69, 9.17) is 9.72 Å². The molecule has 1 aromatic heterocycles. The van der Waals surface area contributed by atoms with Gasteiger partial charge in [0, 0.05) is 24.6 Å². The van der Waals surface area contributed by atoms with E-state index < -0.39 is 0 Å². The summed E-state index contributed by atoms with van der Waals surface area (Å²) in [6, 6.07) is 24.6. The smallest absolute Gasteiger partial charge is 0.227 e. The molecule has 3 aromatic carbocycles. The first kappa shape index (κ1) is 22.2. The molecule has 174 valence electrons. The molecule has 0 aliphatic carbocycles. The third kappa shape index (κ3) is 4.30. The molecule has 0 radical (unpaired) electrons. The van der Waals surface area contributed by atoms with Gasteiger partial charge in [0.1, 0.15) is 18.2 Å². The number of rotatable bonds is 7. The van der Waals surface area contributed by atoms with Gasteiger partial charge >= 0.3 is 0 Å². The molecule has 5 heteroatoms. The Morgan fingerprint density at radius 2 is 1.82 bits per heavy atom. The Morgan fingerprint density at radius 3 is 2.65 bits per heavy atom. The molecule has 1 aliphatic rings. The highest BCUT2D eigenvalue weighted by Crippen LogP contribution is 2.33. The number of anilines is 1. The average Bonchev–Trinajstić information content (AvgIpc) is 3.40. The Labute approximate surface area is 201 Å². The van der Waals surface area contributed by atoms with E-state index in [9.17, 15) is 4.79 Å². The molecule has 34 heavy (non-hydrogen) atoms. The number of fused-ring (bicyclic) bond motifs is 1. The SMILES string of the molecule is Cc1cccc(N2CC(c3nc4ccccc4n3CCOc3ccccc3C(C)C)CC2=O)c1. The second-order valence-electron chi connectivity index (χ2n) is 9.40. The van der Waals surface area contributed by atoms with Gasteiger partial charge in [-0.3, -0.25) is 4.79 Å². The van der Waals surface area contributed by atoms with Crippen molar-refractivity contribution in [3.8, 4) is 5.75 Å². The fraction of sp³-hybridized carbons (Fsp3) is 0.310. The second-order valence-corrected chi connectivity index (χ2v) is 9.40. The van der Waals surface area contributed by atoms with Crippen LogP contribution in [0.2, 0.25) is 0 Å². The summed E-state index contributed by atoms with van der Waals surface area (Å²) in [6.45, 7) is 8.28. The van der Waals surface area contributed by atoms with Gasteiger partial charge in [-0.25, -0.2) is 4.98 Å². The van der Waals surface area contributed by atoms with E-state index in [-0.39, 0.29) is 11.8 Å². The first-order valence-corrected chi connectivity index (χ1v) is 12.0. The van der Waals surface area contributed by atoms with Crippen LogP contribution in [0.3, 0.4) is 0 Å². The summed E-state index contributed by atoms with van der Waals surface area (Å²) in [5.41, 5.74) is 5.37. The third-order valence-electron chi connectivity index (χ3n) is 6.60. The predicted octanol–water partition coefficient (Wildman–Crippen LogP) is 6.07. The largest absolute Gasteiger partial charge is 0.491 e. The van der Waals surface area contributed by atoms with Crippen molar-refractivity contribution >= 4 is 22.6 Å². The van der Waals surface area contributed by atoms with Crippen LogP contribution in [-0.4, -0.2) is 28.6 Å². The van der Waals surface area contributed by atoms with Gasteiger partial charge in [-0.05, 0) is 54.3 Å². The Morgan fingerprint density at radius 1 is 1.03 bits per heavy atom. The van der Waals surface area contributed by atoms with Crippen molar-refractivity contribution in [2.45, 2.75) is 45.6 Å². The van der Waals surface area contributed by atoms with Crippen LogP contribution >= 0.6 is 0 Å². The highest BCUT2D eigenvalue weighted by Gasteiger charge is 2.34. The summed E-state index contributed by atoms with van der Waals surface area (Å²) >= 11 is 0. The van der Waals surface area contributed by atoms with Crippen LogP contribution in [0.5, 0.6) is 5.75 Å². The van der Waals surface area contributed by atoms with Crippen LogP contribution in [0.1, 0.15) is 49.1 Å². The fourth-order valence-electron chi connectivity index (χ4n) is 4.90. The van der Waals surface area contributed by atoms with Gasteiger partial charge in [0.25, 0.3) is 0 Å². The lowest BCUT2D eigenvalue weighted by Crippen LogP contribution is -2.24.